The van der Waals surface area contributed by atoms with Crippen LogP contribution in [-0.2, 0) is 11.3 Å². The third-order valence-corrected chi connectivity index (χ3v) is 7.34. The maximum Gasteiger partial charge on any atom is 0.265 e. The SMILES string of the molecule is CCn1c(=O)c(C=C2SC(=S)N(C)C2=O)c(N2CCC(C)CC2)c2ccccc21. The minimum atomic E-state index is -0.145. The molecule has 152 valence electrons. The van der Waals surface area contributed by atoms with Gasteiger partial charge in [-0.3, -0.25) is 14.5 Å². The first-order chi connectivity index (χ1) is 13.9. The monoisotopic (exact) mass is 427 g/mol. The lowest BCUT2D eigenvalue weighted by atomic mass is 9.97. The highest BCUT2D eigenvalue weighted by molar-refractivity contribution is 8.26. The Labute approximate surface area is 180 Å². The second-order valence-electron chi connectivity index (χ2n) is 7.74. The molecule has 2 fully saturated rings. The van der Waals surface area contributed by atoms with Gasteiger partial charge in [0.25, 0.3) is 11.5 Å². The fourth-order valence-corrected chi connectivity index (χ4v) is 5.27. The normalized spacial score (nSPS) is 19.8. The highest BCUT2D eigenvalue weighted by Gasteiger charge is 2.30. The van der Waals surface area contributed by atoms with E-state index >= 15 is 0 Å². The molecule has 0 aliphatic carbocycles. The van der Waals surface area contributed by atoms with E-state index in [1.807, 2.05) is 25.1 Å². The van der Waals surface area contributed by atoms with Gasteiger partial charge in [-0.1, -0.05) is 49.1 Å². The molecule has 3 heterocycles. The number of para-hydroxylation sites is 1. The molecule has 1 aromatic heterocycles. The average molecular weight is 428 g/mol. The predicted octanol–water partition coefficient (Wildman–Crippen LogP) is 4.09. The Kier molecular flexibility index (Phi) is 5.53. The first-order valence-corrected chi connectivity index (χ1v) is 11.3. The van der Waals surface area contributed by atoms with Gasteiger partial charge in [0.15, 0.2) is 0 Å². The smallest absolute Gasteiger partial charge is 0.265 e. The summed E-state index contributed by atoms with van der Waals surface area (Å²) in [6.45, 7) is 6.66. The van der Waals surface area contributed by atoms with E-state index in [0.717, 1.165) is 42.5 Å². The molecule has 0 unspecified atom stereocenters. The lowest BCUT2D eigenvalue weighted by molar-refractivity contribution is -0.121. The molecule has 4 rings (SSSR count). The third-order valence-electron chi connectivity index (χ3n) is 5.86. The van der Waals surface area contributed by atoms with E-state index in [2.05, 4.69) is 17.9 Å². The second kappa shape index (κ2) is 7.95. The lowest BCUT2D eigenvalue weighted by Gasteiger charge is -2.34. The topological polar surface area (TPSA) is 45.6 Å². The summed E-state index contributed by atoms with van der Waals surface area (Å²) in [6, 6.07) is 8.07. The highest BCUT2D eigenvalue weighted by atomic mass is 32.2. The molecular formula is C22H25N3O2S2. The van der Waals surface area contributed by atoms with E-state index in [4.69, 9.17) is 12.2 Å². The van der Waals surface area contributed by atoms with Crippen LogP contribution >= 0.6 is 24.0 Å². The number of thiocarbonyl (C=S) groups is 1. The molecule has 0 N–H and O–H groups in total. The second-order valence-corrected chi connectivity index (χ2v) is 9.41. The van der Waals surface area contributed by atoms with Crippen molar-refractivity contribution < 1.29 is 4.79 Å². The number of aryl methyl sites for hydroxylation is 1. The van der Waals surface area contributed by atoms with Crippen molar-refractivity contribution in [3.63, 3.8) is 0 Å². The molecule has 2 aliphatic heterocycles. The number of carbonyl (C=O) groups is 1. The van der Waals surface area contributed by atoms with Crippen LogP contribution in [0, 0.1) is 5.92 Å². The first kappa shape index (κ1) is 20.2. The van der Waals surface area contributed by atoms with Crippen molar-refractivity contribution in [3.8, 4) is 0 Å². The van der Waals surface area contributed by atoms with Crippen LogP contribution in [0.2, 0.25) is 0 Å². The molecule has 1 aromatic carbocycles. The van der Waals surface area contributed by atoms with Crippen LogP contribution in [0.15, 0.2) is 34.0 Å². The van der Waals surface area contributed by atoms with E-state index < -0.39 is 0 Å². The molecule has 5 nitrogen and oxygen atoms in total. The Morgan fingerprint density at radius 2 is 1.90 bits per heavy atom. The van der Waals surface area contributed by atoms with Gasteiger partial charge in [0.05, 0.1) is 21.7 Å². The van der Waals surface area contributed by atoms with Gasteiger partial charge in [-0.15, -0.1) is 0 Å². The van der Waals surface area contributed by atoms with E-state index in [1.54, 1.807) is 17.7 Å². The van der Waals surface area contributed by atoms with Gasteiger partial charge >= 0.3 is 0 Å². The Hall–Kier alpha value is -2.12. The van der Waals surface area contributed by atoms with Gasteiger partial charge in [0.1, 0.15) is 4.32 Å². The zero-order valence-electron chi connectivity index (χ0n) is 17.0. The molecule has 0 atom stereocenters. The number of fused-ring (bicyclic) bond motifs is 1. The molecule has 2 aliphatic rings. The maximum absolute atomic E-state index is 13.5. The van der Waals surface area contributed by atoms with Crippen LogP contribution in [0.4, 0.5) is 5.69 Å². The average Bonchev–Trinajstić information content (AvgIpc) is 2.96. The number of piperidine rings is 1. The summed E-state index contributed by atoms with van der Waals surface area (Å²) in [4.78, 5) is 30.4. The van der Waals surface area contributed by atoms with Crippen molar-refractivity contribution in [1.29, 1.82) is 0 Å². The van der Waals surface area contributed by atoms with Crippen molar-refractivity contribution in [2.75, 3.05) is 25.0 Å². The minimum Gasteiger partial charge on any atom is -0.370 e. The quantitative estimate of drug-likeness (QED) is 0.545. The summed E-state index contributed by atoms with van der Waals surface area (Å²) in [5.74, 6) is 0.544. The molecule has 0 bridgehead atoms. The van der Waals surface area contributed by atoms with Gasteiger partial charge in [0, 0.05) is 32.1 Å². The summed E-state index contributed by atoms with van der Waals surface area (Å²) < 4.78 is 2.32. The number of rotatable bonds is 3. The molecule has 0 saturated carbocycles. The number of amides is 1. The number of aromatic nitrogens is 1. The predicted molar refractivity (Wildman–Crippen MR) is 125 cm³/mol. The summed E-state index contributed by atoms with van der Waals surface area (Å²) in [5.41, 5.74) is 2.42. The molecule has 2 saturated heterocycles. The number of pyridine rings is 1. The number of carbonyl (C=O) groups excluding carboxylic acids is 1. The lowest BCUT2D eigenvalue weighted by Crippen LogP contribution is -2.36. The Morgan fingerprint density at radius 3 is 2.52 bits per heavy atom. The Morgan fingerprint density at radius 1 is 1.21 bits per heavy atom. The zero-order valence-corrected chi connectivity index (χ0v) is 18.6. The highest BCUT2D eigenvalue weighted by Crippen LogP contribution is 2.36. The number of anilines is 1. The molecule has 7 heteroatoms. The van der Waals surface area contributed by atoms with Crippen LogP contribution in [-0.4, -0.2) is 39.8 Å². The van der Waals surface area contributed by atoms with Gasteiger partial charge in [-0.25, -0.2) is 0 Å². The number of hydrogen-bond donors (Lipinski definition) is 0. The molecule has 0 radical (unpaired) electrons. The van der Waals surface area contributed by atoms with Gasteiger partial charge in [-0.2, -0.15) is 0 Å². The number of benzene rings is 1. The van der Waals surface area contributed by atoms with Crippen LogP contribution in [0.25, 0.3) is 17.0 Å². The van der Waals surface area contributed by atoms with Crippen LogP contribution in [0.1, 0.15) is 32.3 Å². The zero-order chi connectivity index (χ0) is 20.7. The Bertz CT molecular complexity index is 1080. The Balaban J connectivity index is 1.98. The number of thioether (sulfide) groups is 1. The molecular weight excluding hydrogens is 402 g/mol. The van der Waals surface area contributed by atoms with Crippen LogP contribution in [0.5, 0.6) is 0 Å². The molecule has 0 spiro atoms. The van der Waals surface area contributed by atoms with E-state index in [9.17, 15) is 9.59 Å². The fraction of sp³-hybridized carbons (Fsp3) is 0.409. The summed E-state index contributed by atoms with van der Waals surface area (Å²) in [6.07, 6.45) is 3.96. The van der Waals surface area contributed by atoms with Crippen LogP contribution < -0.4 is 10.5 Å². The molecule has 1 amide bonds. The van der Waals surface area contributed by atoms with Crippen molar-refractivity contribution >= 4 is 56.9 Å². The summed E-state index contributed by atoms with van der Waals surface area (Å²) in [7, 11) is 1.68. The van der Waals surface area contributed by atoms with Crippen molar-refractivity contribution in [2.45, 2.75) is 33.2 Å². The third kappa shape index (κ3) is 3.51. The van der Waals surface area contributed by atoms with Gasteiger partial charge in [0.2, 0.25) is 0 Å². The van der Waals surface area contributed by atoms with E-state index in [1.165, 1.54) is 16.7 Å². The van der Waals surface area contributed by atoms with Gasteiger partial charge < -0.3 is 9.47 Å². The van der Waals surface area contributed by atoms with E-state index in [-0.39, 0.29) is 11.5 Å². The first-order valence-electron chi connectivity index (χ1n) is 10.0. The number of likely N-dealkylation sites (N-methyl/N-ethyl adjacent to an activating group) is 1. The van der Waals surface area contributed by atoms with Crippen molar-refractivity contribution in [1.82, 2.24) is 9.47 Å². The minimum absolute atomic E-state index is 0.0545. The summed E-state index contributed by atoms with van der Waals surface area (Å²) >= 11 is 6.54. The van der Waals surface area contributed by atoms with Crippen molar-refractivity contribution in [3.05, 3.63) is 45.1 Å². The van der Waals surface area contributed by atoms with Crippen molar-refractivity contribution in [2.24, 2.45) is 5.92 Å². The molecule has 2 aromatic rings. The fourth-order valence-electron chi connectivity index (χ4n) is 4.10. The number of hydrogen-bond acceptors (Lipinski definition) is 5. The van der Waals surface area contributed by atoms with Crippen LogP contribution in [0.3, 0.4) is 0 Å². The van der Waals surface area contributed by atoms with E-state index in [0.29, 0.717) is 27.3 Å². The molecule has 29 heavy (non-hydrogen) atoms. The standard InChI is InChI=1S/C22H25N3O2S2/c1-4-25-17-8-6-5-7-15(17)19(24-11-9-14(2)10-12-24)16(20(25)26)13-18-21(27)23(3)22(28)29-18/h5-8,13-14H,4,9-12H2,1-3H3. The maximum atomic E-state index is 13.5. The number of nitrogens with zero attached hydrogens (tertiary/aromatic N) is 3. The van der Waals surface area contributed by atoms with Gasteiger partial charge in [-0.05, 0) is 37.8 Å². The summed E-state index contributed by atoms with van der Waals surface area (Å²) in [5, 5.41) is 1.06. The largest absolute Gasteiger partial charge is 0.370 e.